The zero-order valence-electron chi connectivity index (χ0n) is 14.9. The number of carbonyl (C=O) groups excluding carboxylic acids is 2. The molecule has 0 spiro atoms. The first kappa shape index (κ1) is 18.3. The van der Waals surface area contributed by atoms with Crippen LogP contribution in [0.15, 0.2) is 42.5 Å². The Morgan fingerprint density at radius 3 is 2.73 bits per heavy atom. The standard InChI is InChI=1S/C20H22ClN3O2/c1-13-10-15-6-3-4-9-18(15)24(13)12-20(26)22-11-19(25)23-17-8-5-7-16(21)14(17)2/h3-9,13H,10-12H2,1-2H3,(H,22,26)(H,23,25)/t13-/m1/s1. The molecule has 2 aromatic carbocycles. The average molecular weight is 372 g/mol. The number of anilines is 2. The maximum atomic E-state index is 12.3. The van der Waals surface area contributed by atoms with E-state index in [-0.39, 0.29) is 30.9 Å². The third kappa shape index (κ3) is 3.99. The number of fused-ring (bicyclic) bond motifs is 1. The Hall–Kier alpha value is -2.53. The van der Waals surface area contributed by atoms with E-state index in [0.29, 0.717) is 10.7 Å². The minimum Gasteiger partial charge on any atom is -0.359 e. The number of nitrogens with one attached hydrogen (secondary N) is 2. The van der Waals surface area contributed by atoms with Gasteiger partial charge in [0.1, 0.15) is 0 Å². The summed E-state index contributed by atoms with van der Waals surface area (Å²) in [5.74, 6) is -0.454. The summed E-state index contributed by atoms with van der Waals surface area (Å²) in [5, 5.41) is 6.05. The maximum absolute atomic E-state index is 12.3. The van der Waals surface area contributed by atoms with E-state index < -0.39 is 0 Å². The summed E-state index contributed by atoms with van der Waals surface area (Å²) in [7, 11) is 0. The quantitative estimate of drug-likeness (QED) is 0.848. The van der Waals surface area contributed by atoms with Crippen molar-refractivity contribution in [2.75, 3.05) is 23.3 Å². The molecule has 0 radical (unpaired) electrons. The fourth-order valence-corrected chi connectivity index (χ4v) is 3.37. The van der Waals surface area contributed by atoms with Crippen molar-refractivity contribution in [2.24, 2.45) is 0 Å². The Bertz CT molecular complexity index is 838. The van der Waals surface area contributed by atoms with Gasteiger partial charge in [0, 0.05) is 22.4 Å². The summed E-state index contributed by atoms with van der Waals surface area (Å²) in [6.45, 7) is 4.10. The normalized spacial score (nSPS) is 15.5. The first-order valence-electron chi connectivity index (χ1n) is 8.62. The van der Waals surface area contributed by atoms with Crippen LogP contribution in [0.2, 0.25) is 5.02 Å². The van der Waals surface area contributed by atoms with Crippen LogP contribution < -0.4 is 15.5 Å². The Labute approximate surface area is 158 Å². The number of halogens is 1. The van der Waals surface area contributed by atoms with Crippen LogP contribution in [0.5, 0.6) is 0 Å². The van der Waals surface area contributed by atoms with Crippen molar-refractivity contribution >= 4 is 34.8 Å². The predicted molar refractivity (Wildman–Crippen MR) is 105 cm³/mol. The Kier molecular flexibility index (Phi) is 5.47. The third-order valence-electron chi connectivity index (χ3n) is 4.65. The van der Waals surface area contributed by atoms with Crippen molar-refractivity contribution in [3.05, 3.63) is 58.6 Å². The molecule has 1 atom stereocenters. The number of benzene rings is 2. The van der Waals surface area contributed by atoms with Gasteiger partial charge in [0.05, 0.1) is 13.1 Å². The fourth-order valence-electron chi connectivity index (χ4n) is 3.20. The van der Waals surface area contributed by atoms with Crippen molar-refractivity contribution in [3.63, 3.8) is 0 Å². The van der Waals surface area contributed by atoms with Gasteiger partial charge in [-0.1, -0.05) is 35.9 Å². The molecule has 136 valence electrons. The molecule has 0 saturated heterocycles. The van der Waals surface area contributed by atoms with Crippen LogP contribution in [0.4, 0.5) is 11.4 Å². The number of hydrogen-bond acceptors (Lipinski definition) is 3. The largest absolute Gasteiger partial charge is 0.359 e. The highest BCUT2D eigenvalue weighted by molar-refractivity contribution is 6.31. The Morgan fingerprint density at radius 2 is 1.92 bits per heavy atom. The molecule has 1 heterocycles. The number of hydrogen-bond donors (Lipinski definition) is 2. The van der Waals surface area contributed by atoms with Crippen LogP contribution in [0, 0.1) is 6.92 Å². The second-order valence-electron chi connectivity index (χ2n) is 6.55. The molecule has 0 fully saturated rings. The molecule has 5 nitrogen and oxygen atoms in total. The summed E-state index contributed by atoms with van der Waals surface area (Å²) in [4.78, 5) is 26.4. The minimum absolute atomic E-state index is 0.0747. The van der Waals surface area contributed by atoms with Crippen molar-refractivity contribution in [1.29, 1.82) is 0 Å². The molecular formula is C20H22ClN3O2. The average Bonchev–Trinajstić information content (AvgIpc) is 2.93. The van der Waals surface area contributed by atoms with E-state index in [1.54, 1.807) is 18.2 Å². The van der Waals surface area contributed by atoms with Gasteiger partial charge in [0.2, 0.25) is 11.8 Å². The topological polar surface area (TPSA) is 61.4 Å². The number of carbonyl (C=O) groups is 2. The molecular weight excluding hydrogens is 350 g/mol. The summed E-state index contributed by atoms with van der Waals surface area (Å²) in [6, 6.07) is 13.7. The summed E-state index contributed by atoms with van der Waals surface area (Å²) < 4.78 is 0. The number of amides is 2. The molecule has 1 aliphatic rings. The molecule has 26 heavy (non-hydrogen) atoms. The number of para-hydroxylation sites is 1. The highest BCUT2D eigenvalue weighted by atomic mass is 35.5. The van der Waals surface area contributed by atoms with Crippen LogP contribution in [-0.4, -0.2) is 30.9 Å². The number of rotatable bonds is 5. The first-order chi connectivity index (χ1) is 12.5. The van der Waals surface area contributed by atoms with E-state index in [2.05, 4.69) is 28.5 Å². The molecule has 0 aliphatic carbocycles. The van der Waals surface area contributed by atoms with Gasteiger partial charge in [-0.2, -0.15) is 0 Å². The van der Waals surface area contributed by atoms with Gasteiger partial charge in [0.15, 0.2) is 0 Å². The third-order valence-corrected chi connectivity index (χ3v) is 5.06. The van der Waals surface area contributed by atoms with Gasteiger partial charge in [-0.25, -0.2) is 0 Å². The smallest absolute Gasteiger partial charge is 0.243 e. The molecule has 1 aliphatic heterocycles. The van der Waals surface area contributed by atoms with Gasteiger partial charge < -0.3 is 15.5 Å². The molecule has 0 unspecified atom stereocenters. The molecule has 0 saturated carbocycles. The van der Waals surface area contributed by atoms with Gasteiger partial charge >= 0.3 is 0 Å². The van der Waals surface area contributed by atoms with Crippen molar-refractivity contribution in [2.45, 2.75) is 26.3 Å². The zero-order valence-corrected chi connectivity index (χ0v) is 15.6. The number of nitrogens with zero attached hydrogens (tertiary/aromatic N) is 1. The van der Waals surface area contributed by atoms with E-state index in [4.69, 9.17) is 11.6 Å². The predicted octanol–water partition coefficient (Wildman–Crippen LogP) is 3.15. The van der Waals surface area contributed by atoms with Crippen molar-refractivity contribution in [3.8, 4) is 0 Å². The van der Waals surface area contributed by atoms with E-state index in [1.165, 1.54) is 5.56 Å². The maximum Gasteiger partial charge on any atom is 0.243 e. The van der Waals surface area contributed by atoms with E-state index in [0.717, 1.165) is 17.7 Å². The second-order valence-corrected chi connectivity index (χ2v) is 6.95. The molecule has 3 rings (SSSR count). The molecule has 0 aromatic heterocycles. The fraction of sp³-hybridized carbons (Fsp3) is 0.300. The van der Waals surface area contributed by atoms with Gasteiger partial charge in [-0.15, -0.1) is 0 Å². The van der Waals surface area contributed by atoms with E-state index >= 15 is 0 Å². The van der Waals surface area contributed by atoms with Crippen LogP contribution in [0.3, 0.4) is 0 Å². The van der Waals surface area contributed by atoms with Crippen molar-refractivity contribution < 1.29 is 9.59 Å². The van der Waals surface area contributed by atoms with Gasteiger partial charge in [-0.05, 0) is 49.6 Å². The SMILES string of the molecule is Cc1c(Cl)cccc1NC(=O)CNC(=O)CN1c2ccccc2C[C@H]1C. The Balaban J connectivity index is 1.53. The lowest BCUT2D eigenvalue weighted by molar-refractivity contribution is -0.123. The van der Waals surface area contributed by atoms with Crippen LogP contribution in [0.1, 0.15) is 18.1 Å². The van der Waals surface area contributed by atoms with E-state index in [9.17, 15) is 9.59 Å². The highest BCUT2D eigenvalue weighted by Gasteiger charge is 2.27. The monoisotopic (exact) mass is 371 g/mol. The summed E-state index contributed by atoms with van der Waals surface area (Å²) in [5.41, 5.74) is 3.80. The Morgan fingerprint density at radius 1 is 1.15 bits per heavy atom. The highest BCUT2D eigenvalue weighted by Crippen LogP contribution is 2.31. The van der Waals surface area contributed by atoms with Crippen molar-refractivity contribution in [1.82, 2.24) is 5.32 Å². The molecule has 2 amide bonds. The lowest BCUT2D eigenvalue weighted by atomic mass is 10.1. The second kappa shape index (κ2) is 7.79. The zero-order chi connectivity index (χ0) is 18.7. The lowest BCUT2D eigenvalue weighted by Crippen LogP contribution is -2.42. The minimum atomic E-state index is -0.279. The van der Waals surface area contributed by atoms with Gasteiger partial charge in [-0.3, -0.25) is 9.59 Å². The molecule has 6 heteroatoms. The van der Waals surface area contributed by atoms with Crippen LogP contribution in [0.25, 0.3) is 0 Å². The summed E-state index contributed by atoms with van der Waals surface area (Å²) >= 11 is 6.05. The first-order valence-corrected chi connectivity index (χ1v) is 8.99. The van der Waals surface area contributed by atoms with Gasteiger partial charge in [0.25, 0.3) is 0 Å². The molecule has 0 bridgehead atoms. The van der Waals surface area contributed by atoms with E-state index in [1.807, 2.05) is 25.1 Å². The molecule has 2 aromatic rings. The lowest BCUT2D eigenvalue weighted by Gasteiger charge is -2.24. The summed E-state index contributed by atoms with van der Waals surface area (Å²) in [6.07, 6.45) is 0.929. The molecule has 2 N–H and O–H groups in total. The van der Waals surface area contributed by atoms with Crippen LogP contribution >= 0.6 is 11.6 Å². The van der Waals surface area contributed by atoms with Crippen LogP contribution in [-0.2, 0) is 16.0 Å².